The Morgan fingerprint density at radius 2 is 1.74 bits per heavy atom. The summed E-state index contributed by atoms with van der Waals surface area (Å²) < 4.78 is 64.1. The minimum atomic E-state index is -5.71. The Hall–Kier alpha value is -2.10. The van der Waals surface area contributed by atoms with E-state index in [0.717, 1.165) is 0 Å². The van der Waals surface area contributed by atoms with Crippen molar-refractivity contribution in [2.24, 2.45) is 0 Å². The number of rotatable bonds is 2. The highest BCUT2D eigenvalue weighted by atomic mass is 19.4. The van der Waals surface area contributed by atoms with Crippen LogP contribution < -0.4 is 0 Å². The lowest BCUT2D eigenvalue weighted by Gasteiger charge is -2.19. The molecule has 0 spiro atoms. The molecule has 0 bridgehead atoms. The lowest BCUT2D eigenvalue weighted by atomic mass is 10.0. The van der Waals surface area contributed by atoms with Crippen LogP contribution >= 0.6 is 0 Å². The Bertz CT molecular complexity index is 648. The molecule has 0 saturated carbocycles. The van der Waals surface area contributed by atoms with Crippen LogP contribution in [0.2, 0.25) is 0 Å². The second-order valence-electron chi connectivity index (χ2n) is 3.93. The van der Waals surface area contributed by atoms with Gasteiger partial charge in [-0.2, -0.15) is 27.2 Å². The summed E-state index contributed by atoms with van der Waals surface area (Å²) in [5.41, 5.74) is -1.44. The molecule has 1 aromatic carbocycles. The molecule has 19 heavy (non-hydrogen) atoms. The summed E-state index contributed by atoms with van der Waals surface area (Å²) in [6.45, 7) is 0. The number of fused-ring (bicyclic) bond motifs is 1. The van der Waals surface area contributed by atoms with Crippen LogP contribution in [0.25, 0.3) is 10.9 Å². The first kappa shape index (κ1) is 13.3. The van der Waals surface area contributed by atoms with Crippen LogP contribution in [0, 0.1) is 11.3 Å². The van der Waals surface area contributed by atoms with Crippen molar-refractivity contribution < 1.29 is 22.0 Å². The number of para-hydroxylation sites is 1. The molecule has 2 aromatic rings. The van der Waals surface area contributed by atoms with Gasteiger partial charge in [-0.3, -0.25) is 0 Å². The van der Waals surface area contributed by atoms with Gasteiger partial charge in [-0.1, -0.05) is 18.2 Å². The number of aromatic amines is 1. The van der Waals surface area contributed by atoms with E-state index in [1.807, 2.05) is 0 Å². The normalized spacial score (nSPS) is 12.6. The van der Waals surface area contributed by atoms with Crippen molar-refractivity contribution in [1.82, 2.24) is 4.98 Å². The first-order valence-electron chi connectivity index (χ1n) is 5.20. The molecule has 1 heterocycles. The summed E-state index contributed by atoms with van der Waals surface area (Å²) in [4.78, 5) is 2.07. The molecule has 2 rings (SSSR count). The van der Waals surface area contributed by atoms with Gasteiger partial charge in [0.15, 0.2) is 0 Å². The maximum absolute atomic E-state index is 13.4. The van der Waals surface area contributed by atoms with E-state index < -0.39 is 24.2 Å². The van der Waals surface area contributed by atoms with E-state index in [4.69, 9.17) is 5.26 Å². The molecule has 0 radical (unpaired) electrons. The Morgan fingerprint density at radius 3 is 2.32 bits per heavy atom. The third kappa shape index (κ3) is 2.03. The zero-order chi connectivity index (χ0) is 14.3. The average Bonchev–Trinajstić information content (AvgIpc) is 2.68. The van der Waals surface area contributed by atoms with Gasteiger partial charge >= 0.3 is 12.1 Å². The molecule has 100 valence electrons. The van der Waals surface area contributed by atoms with Crippen LogP contribution in [0.4, 0.5) is 22.0 Å². The molecule has 0 aliphatic heterocycles. The number of hydrogen-bond acceptors (Lipinski definition) is 1. The predicted molar refractivity (Wildman–Crippen MR) is 57.6 cm³/mol. The number of hydrogen-bond donors (Lipinski definition) is 1. The topological polar surface area (TPSA) is 39.6 Å². The van der Waals surface area contributed by atoms with Gasteiger partial charge in [0, 0.05) is 16.5 Å². The monoisotopic (exact) mass is 274 g/mol. The second kappa shape index (κ2) is 4.23. The number of aromatic nitrogens is 1. The van der Waals surface area contributed by atoms with E-state index in [2.05, 4.69) is 4.98 Å². The summed E-state index contributed by atoms with van der Waals surface area (Å²) in [6.07, 6.45) is -6.23. The summed E-state index contributed by atoms with van der Waals surface area (Å²) in [5, 5.41) is 8.80. The maximum atomic E-state index is 13.4. The van der Waals surface area contributed by atoms with Gasteiger partial charge in [0.25, 0.3) is 0 Å². The highest BCUT2D eigenvalue weighted by molar-refractivity contribution is 5.85. The van der Waals surface area contributed by atoms with Crippen molar-refractivity contribution in [2.75, 3.05) is 0 Å². The Morgan fingerprint density at radius 1 is 1.11 bits per heavy atom. The first-order valence-corrected chi connectivity index (χ1v) is 5.20. The molecule has 0 unspecified atom stereocenters. The van der Waals surface area contributed by atoms with Gasteiger partial charge in [0.1, 0.15) is 0 Å². The average molecular weight is 274 g/mol. The van der Waals surface area contributed by atoms with Gasteiger partial charge in [0.05, 0.1) is 18.2 Å². The fourth-order valence-electron chi connectivity index (χ4n) is 1.87. The lowest BCUT2D eigenvalue weighted by molar-refractivity contribution is -0.290. The zero-order valence-electron chi connectivity index (χ0n) is 9.35. The molecule has 1 N–H and O–H groups in total. The van der Waals surface area contributed by atoms with Gasteiger partial charge in [0.2, 0.25) is 0 Å². The van der Waals surface area contributed by atoms with E-state index in [0.29, 0.717) is 0 Å². The van der Waals surface area contributed by atoms with Crippen molar-refractivity contribution in [3.8, 4) is 6.07 Å². The van der Waals surface area contributed by atoms with Crippen LogP contribution in [-0.4, -0.2) is 11.2 Å². The fourth-order valence-corrected chi connectivity index (χ4v) is 1.87. The SMILES string of the molecule is N#CCc1c(C(F)(F)C(F)(F)F)[nH]c2ccccc12. The van der Waals surface area contributed by atoms with E-state index in [1.165, 1.54) is 24.3 Å². The van der Waals surface area contributed by atoms with Crippen LogP contribution in [0.15, 0.2) is 24.3 Å². The number of nitrogens with one attached hydrogen (secondary N) is 1. The minimum absolute atomic E-state index is 0.145. The molecule has 0 aliphatic rings. The summed E-state index contributed by atoms with van der Waals surface area (Å²) >= 11 is 0. The maximum Gasteiger partial charge on any atom is 0.459 e. The van der Waals surface area contributed by atoms with E-state index in [-0.39, 0.29) is 16.5 Å². The van der Waals surface area contributed by atoms with Gasteiger partial charge < -0.3 is 4.98 Å². The lowest BCUT2D eigenvalue weighted by Crippen LogP contribution is -2.34. The van der Waals surface area contributed by atoms with E-state index >= 15 is 0 Å². The molecule has 1 aromatic heterocycles. The number of benzene rings is 1. The standard InChI is InChI=1S/C12H7F5N2/c13-11(14,12(15,16)17)10-8(5-6-18)7-3-1-2-4-9(7)19-10/h1-4,19H,5H2. The molecule has 0 fully saturated rings. The van der Waals surface area contributed by atoms with Crippen LogP contribution in [-0.2, 0) is 12.3 Å². The molecule has 7 heteroatoms. The van der Waals surface area contributed by atoms with Crippen molar-refractivity contribution in [3.63, 3.8) is 0 Å². The molecular weight excluding hydrogens is 267 g/mol. The highest BCUT2D eigenvalue weighted by Crippen LogP contribution is 2.46. The summed E-state index contributed by atoms with van der Waals surface area (Å²) in [7, 11) is 0. The molecule has 2 nitrogen and oxygen atoms in total. The van der Waals surface area contributed by atoms with Crippen LogP contribution in [0.5, 0.6) is 0 Å². The molecule has 0 atom stereocenters. The van der Waals surface area contributed by atoms with Crippen LogP contribution in [0.3, 0.4) is 0 Å². The third-order valence-electron chi connectivity index (χ3n) is 2.74. The third-order valence-corrected chi connectivity index (χ3v) is 2.74. The van der Waals surface area contributed by atoms with Gasteiger partial charge in [-0.25, -0.2) is 0 Å². The van der Waals surface area contributed by atoms with Crippen LogP contribution in [0.1, 0.15) is 11.3 Å². The quantitative estimate of drug-likeness (QED) is 0.829. The highest BCUT2D eigenvalue weighted by Gasteiger charge is 2.60. The first-order chi connectivity index (χ1) is 8.79. The van der Waals surface area contributed by atoms with Crippen molar-refractivity contribution >= 4 is 10.9 Å². The fraction of sp³-hybridized carbons (Fsp3) is 0.250. The number of halogens is 5. The molecule has 0 amide bonds. The summed E-state index contributed by atoms with van der Waals surface area (Å²) in [6, 6.07) is 7.39. The largest absolute Gasteiger partial charge is 0.459 e. The zero-order valence-corrected chi connectivity index (χ0v) is 9.35. The number of nitrogens with zero attached hydrogens (tertiary/aromatic N) is 1. The predicted octanol–water partition coefficient (Wildman–Crippen LogP) is 3.89. The number of alkyl halides is 5. The van der Waals surface area contributed by atoms with Crippen molar-refractivity contribution in [1.29, 1.82) is 5.26 Å². The Kier molecular flexibility index (Phi) is 2.97. The van der Waals surface area contributed by atoms with E-state index in [9.17, 15) is 22.0 Å². The van der Waals surface area contributed by atoms with Crippen molar-refractivity contribution in [2.45, 2.75) is 18.5 Å². The minimum Gasteiger partial charge on any atom is -0.353 e. The van der Waals surface area contributed by atoms with E-state index in [1.54, 1.807) is 6.07 Å². The Labute approximate surface area is 104 Å². The number of nitriles is 1. The van der Waals surface area contributed by atoms with Gasteiger partial charge in [-0.05, 0) is 6.07 Å². The smallest absolute Gasteiger partial charge is 0.353 e. The summed E-state index contributed by atoms with van der Waals surface area (Å²) in [5.74, 6) is -5.02. The van der Waals surface area contributed by atoms with Crippen molar-refractivity contribution in [3.05, 3.63) is 35.5 Å². The Balaban J connectivity index is 2.73. The van der Waals surface area contributed by atoms with Gasteiger partial charge in [-0.15, -0.1) is 0 Å². The second-order valence-corrected chi connectivity index (χ2v) is 3.93. The molecular formula is C12H7F5N2. The molecule has 0 aliphatic carbocycles. The number of H-pyrrole nitrogens is 1. The molecule has 0 saturated heterocycles.